The Morgan fingerprint density at radius 2 is 2.04 bits per heavy atom. The molecule has 3 aromatic rings. The Bertz CT molecular complexity index is 920. The molecule has 2 N–H and O–H groups in total. The number of amides is 2. The van der Waals surface area contributed by atoms with Crippen LogP contribution in [0.5, 0.6) is 0 Å². The Labute approximate surface area is 161 Å². The van der Waals surface area contributed by atoms with Gasteiger partial charge in [-0.1, -0.05) is 18.2 Å². The maximum absolute atomic E-state index is 12.5. The molecule has 0 radical (unpaired) electrons. The highest BCUT2D eigenvalue weighted by atomic mass is 32.1. The molecule has 1 aromatic carbocycles. The van der Waals surface area contributed by atoms with Gasteiger partial charge in [0.2, 0.25) is 11.8 Å². The van der Waals surface area contributed by atoms with Crippen molar-refractivity contribution < 1.29 is 14.3 Å². The first-order valence-corrected chi connectivity index (χ1v) is 9.49. The summed E-state index contributed by atoms with van der Waals surface area (Å²) in [6.45, 7) is 2.45. The minimum Gasteiger partial charge on any atom is -0.375 e. The molecule has 3 rings (SSSR count). The van der Waals surface area contributed by atoms with Gasteiger partial charge in [-0.05, 0) is 30.5 Å². The fourth-order valence-electron chi connectivity index (χ4n) is 2.87. The lowest BCUT2D eigenvalue weighted by Gasteiger charge is -2.16. The van der Waals surface area contributed by atoms with Crippen molar-refractivity contribution in [2.45, 2.75) is 26.1 Å². The van der Waals surface area contributed by atoms with E-state index in [1.54, 1.807) is 11.3 Å². The molecule has 0 fully saturated rings. The molecule has 0 aliphatic rings. The number of hydrogen-bond acceptors (Lipinski definition) is 5. The summed E-state index contributed by atoms with van der Waals surface area (Å²) in [7, 11) is 1.47. The number of nitrogens with one attached hydrogen (secondary N) is 2. The van der Waals surface area contributed by atoms with E-state index in [2.05, 4.69) is 15.6 Å². The summed E-state index contributed by atoms with van der Waals surface area (Å²) in [5.74, 6) is 0.293. The molecule has 142 valence electrons. The zero-order chi connectivity index (χ0) is 19.2. The molecule has 7 nitrogen and oxygen atoms in total. The van der Waals surface area contributed by atoms with E-state index in [1.807, 2.05) is 53.3 Å². The molecule has 8 heteroatoms. The number of fused-ring (bicyclic) bond motifs is 1. The lowest BCUT2D eigenvalue weighted by molar-refractivity contribution is -0.125. The Morgan fingerprint density at radius 1 is 1.22 bits per heavy atom. The second-order valence-corrected chi connectivity index (χ2v) is 7.16. The van der Waals surface area contributed by atoms with E-state index < -0.39 is 0 Å². The molecule has 0 saturated carbocycles. The lowest BCUT2D eigenvalue weighted by atomic mass is 10.3. The highest BCUT2D eigenvalue weighted by Crippen LogP contribution is 2.21. The minimum absolute atomic E-state index is 0.0220. The molecule has 0 bridgehead atoms. The van der Waals surface area contributed by atoms with Crippen LogP contribution in [-0.2, 0) is 27.4 Å². The van der Waals surface area contributed by atoms with E-state index in [0.717, 1.165) is 15.9 Å². The Morgan fingerprint density at radius 3 is 2.78 bits per heavy atom. The molecule has 0 aliphatic heterocycles. The second kappa shape index (κ2) is 8.79. The van der Waals surface area contributed by atoms with E-state index in [9.17, 15) is 9.59 Å². The number of methoxy groups -OCH3 is 1. The summed E-state index contributed by atoms with van der Waals surface area (Å²) >= 11 is 1.60. The van der Waals surface area contributed by atoms with E-state index in [1.165, 1.54) is 7.11 Å². The van der Waals surface area contributed by atoms with Crippen LogP contribution in [0.3, 0.4) is 0 Å². The average molecular weight is 386 g/mol. The molecule has 1 unspecified atom stereocenters. The summed E-state index contributed by atoms with van der Waals surface area (Å²) < 4.78 is 6.70. The van der Waals surface area contributed by atoms with Gasteiger partial charge < -0.3 is 19.9 Å². The molecule has 1 atom stereocenters. The molecule has 0 saturated heterocycles. The third-order valence-corrected chi connectivity index (χ3v) is 4.94. The van der Waals surface area contributed by atoms with Gasteiger partial charge >= 0.3 is 0 Å². The van der Waals surface area contributed by atoms with E-state index in [4.69, 9.17) is 4.74 Å². The predicted molar refractivity (Wildman–Crippen MR) is 104 cm³/mol. The first kappa shape index (κ1) is 19.1. The van der Waals surface area contributed by atoms with Gasteiger partial charge in [0.15, 0.2) is 0 Å². The van der Waals surface area contributed by atoms with E-state index in [0.29, 0.717) is 12.4 Å². The van der Waals surface area contributed by atoms with Crippen LogP contribution in [-0.4, -0.2) is 35.1 Å². The molecule has 2 amide bonds. The van der Waals surface area contributed by atoms with E-state index >= 15 is 0 Å². The maximum Gasteiger partial charge on any atom is 0.246 e. The normalized spacial score (nSPS) is 12.1. The van der Waals surface area contributed by atoms with Gasteiger partial charge in [-0.3, -0.25) is 9.59 Å². The smallest absolute Gasteiger partial charge is 0.246 e. The van der Waals surface area contributed by atoms with Crippen LogP contribution in [0, 0.1) is 0 Å². The molecule has 0 spiro atoms. The first-order chi connectivity index (χ1) is 13.1. The molecular weight excluding hydrogens is 364 g/mol. The number of thiophene rings is 1. The summed E-state index contributed by atoms with van der Waals surface area (Å²) in [5, 5.41) is 7.76. The molecule has 2 heterocycles. The Hall–Kier alpha value is -2.71. The number of rotatable bonds is 8. The van der Waals surface area contributed by atoms with Crippen LogP contribution in [0.2, 0.25) is 0 Å². The van der Waals surface area contributed by atoms with Crippen molar-refractivity contribution in [2.24, 2.45) is 0 Å². The molecule has 27 heavy (non-hydrogen) atoms. The Kier molecular flexibility index (Phi) is 6.20. The fourth-order valence-corrected chi connectivity index (χ4v) is 3.51. The fraction of sp³-hybridized carbons (Fsp3) is 0.316. The van der Waals surface area contributed by atoms with Crippen LogP contribution >= 0.6 is 11.3 Å². The van der Waals surface area contributed by atoms with Gasteiger partial charge in [0.25, 0.3) is 0 Å². The van der Waals surface area contributed by atoms with Gasteiger partial charge in [-0.15, -0.1) is 11.3 Å². The van der Waals surface area contributed by atoms with Crippen molar-refractivity contribution in [3.63, 3.8) is 0 Å². The van der Waals surface area contributed by atoms with Gasteiger partial charge in [-0.2, -0.15) is 0 Å². The van der Waals surface area contributed by atoms with Crippen molar-refractivity contribution in [1.82, 2.24) is 20.2 Å². The van der Waals surface area contributed by atoms with Gasteiger partial charge in [0.05, 0.1) is 23.6 Å². The first-order valence-electron chi connectivity index (χ1n) is 8.61. The number of aromatic nitrogens is 2. The second-order valence-electron chi connectivity index (χ2n) is 6.12. The van der Waals surface area contributed by atoms with Crippen molar-refractivity contribution in [3.8, 4) is 0 Å². The van der Waals surface area contributed by atoms with Crippen molar-refractivity contribution >= 4 is 34.2 Å². The highest BCUT2D eigenvalue weighted by Gasteiger charge is 2.19. The van der Waals surface area contributed by atoms with Crippen LogP contribution in [0.25, 0.3) is 11.0 Å². The van der Waals surface area contributed by atoms with Crippen molar-refractivity contribution in [2.75, 3.05) is 13.7 Å². The maximum atomic E-state index is 12.5. The number of carbonyl (C=O) groups is 2. The monoisotopic (exact) mass is 386 g/mol. The van der Waals surface area contributed by atoms with Crippen molar-refractivity contribution in [3.05, 3.63) is 52.5 Å². The summed E-state index contributed by atoms with van der Waals surface area (Å²) in [6.07, 6.45) is 0. The molecule has 0 aliphatic carbocycles. The summed E-state index contributed by atoms with van der Waals surface area (Å²) in [6, 6.07) is 11.2. The zero-order valence-electron chi connectivity index (χ0n) is 15.3. The predicted octanol–water partition coefficient (Wildman–Crippen LogP) is 2.24. The van der Waals surface area contributed by atoms with Crippen LogP contribution in [0.1, 0.15) is 23.7 Å². The third-order valence-electron chi connectivity index (χ3n) is 4.07. The minimum atomic E-state index is -0.356. The number of nitrogens with zero attached hydrogens (tertiary/aromatic N) is 2. The lowest BCUT2D eigenvalue weighted by Crippen LogP contribution is -2.33. The Balaban J connectivity index is 1.79. The molecule has 2 aromatic heterocycles. The van der Waals surface area contributed by atoms with Crippen molar-refractivity contribution in [1.29, 1.82) is 0 Å². The number of ether oxygens (including phenoxy) is 1. The SMILES string of the molecule is COCC(=O)NC(C)c1nc2ccccc2n1CC(=O)NCc1cccs1. The summed E-state index contributed by atoms with van der Waals surface area (Å²) in [5.41, 5.74) is 1.64. The highest BCUT2D eigenvalue weighted by molar-refractivity contribution is 7.09. The number of carbonyl (C=O) groups excluding carboxylic acids is 2. The number of benzene rings is 1. The number of hydrogen-bond donors (Lipinski definition) is 2. The average Bonchev–Trinajstić information content (AvgIpc) is 3.28. The quantitative estimate of drug-likeness (QED) is 0.622. The van der Waals surface area contributed by atoms with E-state index in [-0.39, 0.29) is 31.0 Å². The van der Waals surface area contributed by atoms with Gasteiger partial charge in [0.1, 0.15) is 19.0 Å². The number of para-hydroxylation sites is 2. The van der Waals surface area contributed by atoms with Crippen LogP contribution < -0.4 is 10.6 Å². The van der Waals surface area contributed by atoms with Crippen LogP contribution in [0.4, 0.5) is 0 Å². The van der Waals surface area contributed by atoms with Gasteiger partial charge in [0, 0.05) is 12.0 Å². The van der Waals surface area contributed by atoms with Gasteiger partial charge in [-0.25, -0.2) is 4.98 Å². The third kappa shape index (κ3) is 4.72. The number of imidazole rings is 1. The standard InChI is InChI=1S/C19H22N4O3S/c1-13(21-18(25)12-26-2)19-22-15-7-3-4-8-16(15)23(19)11-17(24)20-10-14-6-5-9-27-14/h3-9,13H,10-12H2,1-2H3,(H,20,24)(H,21,25). The zero-order valence-corrected chi connectivity index (χ0v) is 16.1. The molecular formula is C19H22N4O3S. The topological polar surface area (TPSA) is 85.2 Å². The largest absolute Gasteiger partial charge is 0.375 e. The van der Waals surface area contributed by atoms with Crippen LogP contribution in [0.15, 0.2) is 41.8 Å². The summed E-state index contributed by atoms with van der Waals surface area (Å²) in [4.78, 5) is 30.1.